The van der Waals surface area contributed by atoms with Crippen molar-refractivity contribution in [1.29, 1.82) is 0 Å². The Hall–Kier alpha value is -1.09. The predicted octanol–water partition coefficient (Wildman–Crippen LogP) is 0.797. The van der Waals surface area contributed by atoms with Gasteiger partial charge in [-0.05, 0) is 6.92 Å². The summed E-state index contributed by atoms with van der Waals surface area (Å²) in [6.07, 6.45) is 4.79. The van der Waals surface area contributed by atoms with Gasteiger partial charge in [0.15, 0.2) is 0 Å². The van der Waals surface area contributed by atoms with Crippen LogP contribution >= 0.6 is 0 Å². The van der Waals surface area contributed by atoms with Gasteiger partial charge >= 0.3 is 5.97 Å². The van der Waals surface area contributed by atoms with Crippen molar-refractivity contribution in [3.8, 4) is 0 Å². The zero-order valence-electron chi connectivity index (χ0n) is 6.99. The van der Waals surface area contributed by atoms with Crippen LogP contribution in [0.5, 0.6) is 0 Å². The van der Waals surface area contributed by atoms with E-state index in [0.29, 0.717) is 18.6 Å². The Morgan fingerprint density at radius 3 is 3.17 bits per heavy atom. The van der Waals surface area contributed by atoms with Crippen LogP contribution in [0.25, 0.3) is 0 Å². The molecule has 1 unspecified atom stereocenters. The van der Waals surface area contributed by atoms with Crippen LogP contribution < -0.4 is 0 Å². The number of hydrogen-bond acceptors (Lipinski definition) is 3. The van der Waals surface area contributed by atoms with Gasteiger partial charge in [0.25, 0.3) is 0 Å². The molecule has 0 heterocycles. The number of hydrogen-bond donors (Lipinski definition) is 1. The third kappa shape index (κ3) is 2.20. The van der Waals surface area contributed by atoms with Crippen molar-refractivity contribution in [2.45, 2.75) is 19.4 Å². The largest absolute Gasteiger partial charge is 0.463 e. The lowest BCUT2D eigenvalue weighted by atomic mass is 10.0. The number of aliphatic hydroxyl groups excluding tert-OH is 1. The molecule has 12 heavy (non-hydrogen) atoms. The van der Waals surface area contributed by atoms with Gasteiger partial charge in [-0.15, -0.1) is 0 Å². The number of rotatable bonds is 2. The molecule has 0 aromatic heterocycles. The summed E-state index contributed by atoms with van der Waals surface area (Å²) < 4.78 is 4.78. The molecule has 0 aromatic rings. The van der Waals surface area contributed by atoms with Crippen molar-refractivity contribution < 1.29 is 14.6 Å². The van der Waals surface area contributed by atoms with Crippen LogP contribution in [-0.2, 0) is 9.53 Å². The predicted molar refractivity (Wildman–Crippen MR) is 44.5 cm³/mol. The van der Waals surface area contributed by atoms with Gasteiger partial charge in [0.1, 0.15) is 0 Å². The van der Waals surface area contributed by atoms with Crippen molar-refractivity contribution >= 4 is 5.97 Å². The van der Waals surface area contributed by atoms with Crippen molar-refractivity contribution in [2.75, 3.05) is 6.61 Å². The highest BCUT2D eigenvalue weighted by molar-refractivity contribution is 5.89. The van der Waals surface area contributed by atoms with E-state index in [9.17, 15) is 4.79 Å². The maximum absolute atomic E-state index is 11.1. The maximum atomic E-state index is 11.1. The second-order valence-electron chi connectivity index (χ2n) is 2.57. The van der Waals surface area contributed by atoms with Crippen LogP contribution in [0.2, 0.25) is 0 Å². The SMILES string of the molecule is CCOC(=O)C1=CC=CC(O)C1. The molecule has 0 aromatic carbocycles. The second kappa shape index (κ2) is 4.07. The van der Waals surface area contributed by atoms with E-state index in [1.54, 1.807) is 25.2 Å². The molecule has 1 rings (SSSR count). The van der Waals surface area contributed by atoms with E-state index in [2.05, 4.69) is 0 Å². The number of carbonyl (C=O) groups is 1. The van der Waals surface area contributed by atoms with Crippen molar-refractivity contribution in [1.82, 2.24) is 0 Å². The summed E-state index contributed by atoms with van der Waals surface area (Å²) in [6.45, 7) is 2.13. The molecule has 1 N–H and O–H groups in total. The lowest BCUT2D eigenvalue weighted by molar-refractivity contribution is -0.138. The molecule has 66 valence electrons. The molecule has 1 aliphatic carbocycles. The van der Waals surface area contributed by atoms with Crippen LogP contribution in [0.15, 0.2) is 23.8 Å². The Morgan fingerprint density at radius 2 is 2.58 bits per heavy atom. The molecule has 3 nitrogen and oxygen atoms in total. The fourth-order valence-electron chi connectivity index (χ4n) is 1.04. The fourth-order valence-corrected chi connectivity index (χ4v) is 1.04. The lowest BCUT2D eigenvalue weighted by Crippen LogP contribution is -2.15. The number of carbonyl (C=O) groups excluding carboxylic acids is 1. The van der Waals surface area contributed by atoms with Gasteiger partial charge in [-0.25, -0.2) is 4.79 Å². The summed E-state index contributed by atoms with van der Waals surface area (Å²) in [5.74, 6) is -0.332. The quantitative estimate of drug-likeness (QED) is 0.620. The van der Waals surface area contributed by atoms with E-state index in [0.717, 1.165) is 0 Å². The van der Waals surface area contributed by atoms with E-state index >= 15 is 0 Å². The van der Waals surface area contributed by atoms with Gasteiger partial charge in [-0.1, -0.05) is 18.2 Å². The summed E-state index contributed by atoms with van der Waals surface area (Å²) in [6, 6.07) is 0. The molecule has 0 spiro atoms. The number of ether oxygens (including phenoxy) is 1. The van der Waals surface area contributed by atoms with Gasteiger partial charge in [-0.3, -0.25) is 0 Å². The first-order chi connectivity index (χ1) is 5.74. The molecule has 0 fully saturated rings. The smallest absolute Gasteiger partial charge is 0.334 e. The molecular weight excluding hydrogens is 156 g/mol. The standard InChI is InChI=1S/C9H12O3/c1-2-12-9(11)7-4-3-5-8(10)6-7/h3-5,8,10H,2,6H2,1H3. The minimum atomic E-state index is -0.547. The Balaban J connectivity index is 2.57. The van der Waals surface area contributed by atoms with E-state index < -0.39 is 6.10 Å². The Labute approximate surface area is 71.3 Å². The molecule has 0 saturated heterocycles. The third-order valence-electron chi connectivity index (χ3n) is 1.60. The monoisotopic (exact) mass is 168 g/mol. The molecule has 0 aliphatic heterocycles. The first kappa shape index (κ1) is 9.00. The van der Waals surface area contributed by atoms with Crippen LogP contribution in [0.3, 0.4) is 0 Å². The van der Waals surface area contributed by atoms with Gasteiger partial charge in [0.05, 0.1) is 12.7 Å². The molecule has 1 aliphatic rings. The van der Waals surface area contributed by atoms with Crippen LogP contribution in [0.1, 0.15) is 13.3 Å². The summed E-state index contributed by atoms with van der Waals surface area (Å²) in [5, 5.41) is 9.16. The van der Waals surface area contributed by atoms with E-state index in [-0.39, 0.29) is 5.97 Å². The Kier molecular flexibility index (Phi) is 3.05. The topological polar surface area (TPSA) is 46.5 Å². The summed E-state index contributed by atoms with van der Waals surface area (Å²) >= 11 is 0. The maximum Gasteiger partial charge on any atom is 0.334 e. The highest BCUT2D eigenvalue weighted by atomic mass is 16.5. The first-order valence-corrected chi connectivity index (χ1v) is 3.96. The molecule has 0 amide bonds. The molecular formula is C9H12O3. The molecule has 0 radical (unpaired) electrons. The van der Waals surface area contributed by atoms with Crippen molar-refractivity contribution in [2.24, 2.45) is 0 Å². The summed E-state index contributed by atoms with van der Waals surface area (Å²) in [5.41, 5.74) is 0.534. The molecule has 0 saturated carbocycles. The highest BCUT2D eigenvalue weighted by Gasteiger charge is 2.15. The van der Waals surface area contributed by atoms with Crippen molar-refractivity contribution in [3.05, 3.63) is 23.8 Å². The molecule has 3 heteroatoms. The lowest BCUT2D eigenvalue weighted by Gasteiger charge is -2.11. The van der Waals surface area contributed by atoms with Gasteiger partial charge in [0, 0.05) is 12.0 Å². The summed E-state index contributed by atoms with van der Waals surface area (Å²) in [4.78, 5) is 11.1. The van der Waals surface area contributed by atoms with E-state index in [4.69, 9.17) is 9.84 Å². The van der Waals surface area contributed by atoms with Gasteiger partial charge < -0.3 is 9.84 Å². The number of esters is 1. The van der Waals surface area contributed by atoms with Gasteiger partial charge in [0.2, 0.25) is 0 Å². The number of aliphatic hydroxyl groups is 1. The fraction of sp³-hybridized carbons (Fsp3) is 0.444. The van der Waals surface area contributed by atoms with E-state index in [1.807, 2.05) is 0 Å². The minimum Gasteiger partial charge on any atom is -0.463 e. The Morgan fingerprint density at radius 1 is 1.83 bits per heavy atom. The van der Waals surface area contributed by atoms with Crippen molar-refractivity contribution in [3.63, 3.8) is 0 Å². The van der Waals surface area contributed by atoms with Crippen LogP contribution in [0.4, 0.5) is 0 Å². The van der Waals surface area contributed by atoms with Crippen LogP contribution in [-0.4, -0.2) is 23.8 Å². The average molecular weight is 168 g/mol. The summed E-state index contributed by atoms with van der Waals surface area (Å²) in [7, 11) is 0. The van der Waals surface area contributed by atoms with E-state index in [1.165, 1.54) is 0 Å². The normalized spacial score (nSPS) is 21.8. The first-order valence-electron chi connectivity index (χ1n) is 3.96. The average Bonchev–Trinajstić information content (AvgIpc) is 2.05. The Bertz CT molecular complexity index is 228. The molecule has 1 atom stereocenters. The molecule has 0 bridgehead atoms. The van der Waals surface area contributed by atoms with Crippen LogP contribution in [0, 0.1) is 0 Å². The second-order valence-corrected chi connectivity index (χ2v) is 2.57. The minimum absolute atomic E-state index is 0.332. The third-order valence-corrected chi connectivity index (χ3v) is 1.60. The zero-order chi connectivity index (χ0) is 8.97. The highest BCUT2D eigenvalue weighted by Crippen LogP contribution is 2.13. The number of allylic oxidation sites excluding steroid dienone is 2. The van der Waals surface area contributed by atoms with Gasteiger partial charge in [-0.2, -0.15) is 0 Å². The zero-order valence-corrected chi connectivity index (χ0v) is 6.99.